The number of aryl methyl sites for hydroxylation is 1. The lowest BCUT2D eigenvalue weighted by atomic mass is 10.1. The minimum atomic E-state index is 0.00421. The van der Waals surface area contributed by atoms with Crippen LogP contribution < -0.4 is 0 Å². The first-order valence-corrected chi connectivity index (χ1v) is 8.60. The van der Waals surface area contributed by atoms with Crippen molar-refractivity contribution in [3.63, 3.8) is 0 Å². The maximum absolute atomic E-state index is 12.6. The average molecular weight is 348 g/mol. The summed E-state index contributed by atoms with van der Waals surface area (Å²) < 4.78 is 1.85. The average Bonchev–Trinajstić information content (AvgIpc) is 3.36. The van der Waals surface area contributed by atoms with Gasteiger partial charge in [0.1, 0.15) is 0 Å². The summed E-state index contributed by atoms with van der Waals surface area (Å²) >= 11 is 5.94. The van der Waals surface area contributed by atoms with E-state index in [0.717, 1.165) is 35.5 Å². The van der Waals surface area contributed by atoms with Crippen LogP contribution in [0.3, 0.4) is 0 Å². The fraction of sp³-hybridized carbons (Fsp3) is 0.444. The van der Waals surface area contributed by atoms with Crippen LogP contribution in [0.4, 0.5) is 0 Å². The van der Waals surface area contributed by atoms with Gasteiger partial charge in [-0.15, -0.1) is 0 Å². The van der Waals surface area contributed by atoms with Gasteiger partial charge in [-0.25, -0.2) is 4.68 Å². The molecule has 0 atom stereocenters. The Morgan fingerprint density at radius 2 is 2.00 bits per heavy atom. The van der Waals surface area contributed by atoms with Crippen LogP contribution in [0, 0.1) is 13.8 Å². The number of amides is 1. The zero-order valence-corrected chi connectivity index (χ0v) is 14.8. The van der Waals surface area contributed by atoms with Gasteiger partial charge >= 0.3 is 0 Å². The van der Waals surface area contributed by atoms with Crippen LogP contribution in [-0.4, -0.2) is 44.9 Å². The van der Waals surface area contributed by atoms with Crippen molar-refractivity contribution in [2.75, 3.05) is 13.2 Å². The van der Waals surface area contributed by atoms with E-state index >= 15 is 0 Å². The van der Waals surface area contributed by atoms with Gasteiger partial charge in [-0.1, -0.05) is 11.6 Å². The summed E-state index contributed by atoms with van der Waals surface area (Å²) in [5.74, 6) is 0.0633. The first-order chi connectivity index (χ1) is 11.5. The smallest absolute Gasteiger partial charge is 0.227 e. The molecular formula is C18H22ClN3O2. The van der Waals surface area contributed by atoms with Crippen LogP contribution in [0.15, 0.2) is 24.3 Å². The molecule has 1 aliphatic rings. The molecule has 1 aromatic heterocycles. The van der Waals surface area contributed by atoms with Gasteiger partial charge in [0.05, 0.1) is 24.4 Å². The van der Waals surface area contributed by atoms with E-state index in [1.165, 1.54) is 0 Å². The lowest BCUT2D eigenvalue weighted by molar-refractivity contribution is -0.131. The molecule has 24 heavy (non-hydrogen) atoms. The molecule has 3 rings (SSSR count). The van der Waals surface area contributed by atoms with Crippen molar-refractivity contribution >= 4 is 17.5 Å². The minimum absolute atomic E-state index is 0.00421. The Kier molecular flexibility index (Phi) is 4.92. The van der Waals surface area contributed by atoms with Gasteiger partial charge in [0, 0.05) is 28.9 Å². The molecule has 128 valence electrons. The molecule has 0 unspecified atom stereocenters. The van der Waals surface area contributed by atoms with Gasteiger partial charge in [-0.2, -0.15) is 5.10 Å². The van der Waals surface area contributed by atoms with E-state index in [4.69, 9.17) is 11.6 Å². The predicted octanol–water partition coefficient (Wildman–Crippen LogP) is 2.67. The summed E-state index contributed by atoms with van der Waals surface area (Å²) in [7, 11) is 0. The van der Waals surface area contributed by atoms with Crippen molar-refractivity contribution in [1.82, 2.24) is 14.7 Å². The Morgan fingerprint density at radius 3 is 2.58 bits per heavy atom. The molecule has 6 heteroatoms. The fourth-order valence-corrected chi connectivity index (χ4v) is 3.15. The van der Waals surface area contributed by atoms with Crippen molar-refractivity contribution in [3.8, 4) is 5.69 Å². The number of aliphatic hydroxyl groups is 1. The highest BCUT2D eigenvalue weighted by Crippen LogP contribution is 2.28. The van der Waals surface area contributed by atoms with Crippen LogP contribution in [-0.2, 0) is 11.2 Å². The van der Waals surface area contributed by atoms with E-state index in [2.05, 4.69) is 5.10 Å². The van der Waals surface area contributed by atoms with Gasteiger partial charge in [0.25, 0.3) is 0 Å². The first-order valence-electron chi connectivity index (χ1n) is 8.22. The third-order valence-electron chi connectivity index (χ3n) is 4.49. The quantitative estimate of drug-likeness (QED) is 0.874. The maximum atomic E-state index is 12.6. The second-order valence-electron chi connectivity index (χ2n) is 6.26. The Hall–Kier alpha value is -1.85. The number of benzene rings is 1. The molecule has 0 aliphatic heterocycles. The summed E-state index contributed by atoms with van der Waals surface area (Å²) in [6, 6.07) is 7.78. The van der Waals surface area contributed by atoms with E-state index in [0.29, 0.717) is 24.0 Å². The number of hydrogen-bond donors (Lipinski definition) is 1. The monoisotopic (exact) mass is 347 g/mol. The number of rotatable bonds is 6. The number of nitrogens with zero attached hydrogens (tertiary/aromatic N) is 3. The van der Waals surface area contributed by atoms with E-state index in [1.54, 1.807) is 4.90 Å². The molecular weight excluding hydrogens is 326 g/mol. The Morgan fingerprint density at radius 1 is 1.33 bits per heavy atom. The zero-order valence-electron chi connectivity index (χ0n) is 14.0. The van der Waals surface area contributed by atoms with E-state index < -0.39 is 0 Å². The molecule has 2 aromatic rings. The standard InChI is InChI=1S/C18H22ClN3O2/c1-12-17(11-18(24)21(9-10-23)15-7-8-15)13(2)22(20-12)16-5-3-14(19)4-6-16/h3-6,15,23H,7-11H2,1-2H3. The highest BCUT2D eigenvalue weighted by atomic mass is 35.5. The number of aromatic nitrogens is 2. The van der Waals surface area contributed by atoms with Gasteiger partial charge in [0.2, 0.25) is 5.91 Å². The van der Waals surface area contributed by atoms with Crippen molar-refractivity contribution in [1.29, 1.82) is 0 Å². The summed E-state index contributed by atoms with van der Waals surface area (Å²) in [5, 5.41) is 14.5. The highest BCUT2D eigenvalue weighted by molar-refractivity contribution is 6.30. The lowest BCUT2D eigenvalue weighted by Gasteiger charge is -2.21. The van der Waals surface area contributed by atoms with Crippen molar-refractivity contribution in [3.05, 3.63) is 46.2 Å². The molecule has 0 saturated heterocycles. The Bertz CT molecular complexity index is 735. The molecule has 1 amide bonds. The normalized spacial score (nSPS) is 14.0. The Balaban J connectivity index is 1.83. The number of halogens is 1. The van der Waals surface area contributed by atoms with Crippen molar-refractivity contribution in [2.45, 2.75) is 39.2 Å². The van der Waals surface area contributed by atoms with Crippen molar-refractivity contribution < 1.29 is 9.90 Å². The Labute approximate surface area is 146 Å². The van der Waals surface area contributed by atoms with Gasteiger partial charge in [-0.05, 0) is 51.0 Å². The molecule has 0 spiro atoms. The molecule has 1 aromatic carbocycles. The van der Waals surface area contributed by atoms with Crippen LogP contribution >= 0.6 is 11.6 Å². The first kappa shape index (κ1) is 17.0. The predicted molar refractivity (Wildman–Crippen MR) is 93.6 cm³/mol. The second-order valence-corrected chi connectivity index (χ2v) is 6.69. The summed E-state index contributed by atoms with van der Waals surface area (Å²) in [6.45, 7) is 4.32. The molecule has 0 bridgehead atoms. The maximum Gasteiger partial charge on any atom is 0.227 e. The number of aliphatic hydroxyl groups excluding tert-OH is 1. The molecule has 1 aliphatic carbocycles. The number of hydrogen-bond acceptors (Lipinski definition) is 3. The van der Waals surface area contributed by atoms with Crippen molar-refractivity contribution in [2.24, 2.45) is 0 Å². The largest absolute Gasteiger partial charge is 0.395 e. The zero-order chi connectivity index (χ0) is 17.3. The minimum Gasteiger partial charge on any atom is -0.395 e. The van der Waals surface area contributed by atoms with E-state index in [9.17, 15) is 9.90 Å². The van der Waals surface area contributed by atoms with Gasteiger partial charge in [-0.3, -0.25) is 4.79 Å². The summed E-state index contributed by atoms with van der Waals surface area (Å²) in [5.41, 5.74) is 3.70. The van der Waals surface area contributed by atoms with Crippen LogP contribution in [0.2, 0.25) is 5.02 Å². The van der Waals surface area contributed by atoms with Crippen LogP contribution in [0.25, 0.3) is 5.69 Å². The van der Waals surface area contributed by atoms with Gasteiger partial charge < -0.3 is 10.0 Å². The number of carbonyl (C=O) groups excluding carboxylic acids is 1. The molecule has 0 radical (unpaired) electrons. The molecule has 1 fully saturated rings. The molecule has 1 N–H and O–H groups in total. The lowest BCUT2D eigenvalue weighted by Crippen LogP contribution is -2.36. The molecule has 1 heterocycles. The third kappa shape index (κ3) is 3.47. The van der Waals surface area contributed by atoms with E-state index in [-0.39, 0.29) is 12.5 Å². The number of carbonyl (C=O) groups is 1. The third-order valence-corrected chi connectivity index (χ3v) is 4.74. The fourth-order valence-electron chi connectivity index (χ4n) is 3.02. The topological polar surface area (TPSA) is 58.4 Å². The summed E-state index contributed by atoms with van der Waals surface area (Å²) in [4.78, 5) is 14.4. The summed E-state index contributed by atoms with van der Waals surface area (Å²) in [6.07, 6.45) is 2.39. The molecule has 1 saturated carbocycles. The highest BCUT2D eigenvalue weighted by Gasteiger charge is 2.32. The molecule has 5 nitrogen and oxygen atoms in total. The van der Waals surface area contributed by atoms with E-state index in [1.807, 2.05) is 42.8 Å². The second kappa shape index (κ2) is 6.95. The van der Waals surface area contributed by atoms with Crippen LogP contribution in [0.5, 0.6) is 0 Å². The van der Waals surface area contributed by atoms with Gasteiger partial charge in [0.15, 0.2) is 0 Å². The SMILES string of the molecule is Cc1nn(-c2ccc(Cl)cc2)c(C)c1CC(=O)N(CCO)C1CC1. The van der Waals surface area contributed by atoms with Crippen LogP contribution in [0.1, 0.15) is 29.8 Å².